The average Bonchev–Trinajstić information content (AvgIpc) is 2.49. The third-order valence-electron chi connectivity index (χ3n) is 2.95. The van der Waals surface area contributed by atoms with E-state index in [-0.39, 0.29) is 0 Å². The number of aliphatic hydroxyl groups is 1. The van der Waals surface area contributed by atoms with Crippen LogP contribution in [0.2, 0.25) is 0 Å². The molecule has 21 heteroatoms. The molecule has 0 aliphatic carbocycles. The zero-order valence-electron chi connectivity index (χ0n) is 13.6. The molecule has 2 atom stereocenters. The molecular weight excluding hydrogens is 513 g/mol. The number of methoxy groups -OCH3 is 1. The number of ether oxygens (including phenoxy) is 1. The molecule has 0 rings (SSSR count). The molecule has 0 saturated heterocycles. The Morgan fingerprint density at radius 2 is 0.839 bits per heavy atom. The molecule has 0 aliphatic heterocycles. The Labute approximate surface area is 156 Å². The van der Waals surface area contributed by atoms with Crippen LogP contribution < -0.4 is 0 Å². The van der Waals surface area contributed by atoms with Crippen LogP contribution in [0.3, 0.4) is 0 Å². The van der Waals surface area contributed by atoms with Gasteiger partial charge in [-0.05, 0) is 0 Å². The second-order valence-corrected chi connectivity index (χ2v) is 5.00. The van der Waals surface area contributed by atoms with Crippen molar-refractivity contribution in [3.8, 4) is 0 Å². The van der Waals surface area contributed by atoms with E-state index < -0.39 is 61.5 Å². The lowest BCUT2D eigenvalue weighted by molar-refractivity contribution is -0.476. The predicted molar refractivity (Wildman–Crippen MR) is 55.9 cm³/mol. The van der Waals surface area contributed by atoms with Crippen molar-refractivity contribution in [3.05, 3.63) is 0 Å². The molecule has 0 bridgehead atoms. The summed E-state index contributed by atoms with van der Waals surface area (Å²) in [7, 11) is -0.703. The molecule has 1 N–H and O–H groups in total. The molecule has 0 aromatic rings. The molecule has 0 heterocycles. The summed E-state index contributed by atoms with van der Waals surface area (Å²) in [6, 6.07) is 0. The molecule has 190 valence electrons. The molecule has 0 fully saturated rings. The minimum atomic E-state index is -7.64. The first kappa shape index (κ1) is 31.8. The number of halogens is 19. The van der Waals surface area contributed by atoms with Gasteiger partial charge in [0.1, 0.15) is 0 Å². The minimum Gasteiger partial charge on any atom is -0.350 e. The van der Waals surface area contributed by atoms with Gasteiger partial charge in [-0.1, -0.05) is 0 Å². The Morgan fingerprint density at radius 3 is 0.935 bits per heavy atom. The molecule has 0 spiro atoms. The van der Waals surface area contributed by atoms with E-state index in [0.717, 1.165) is 0 Å². The van der Waals surface area contributed by atoms with Crippen LogP contribution in [-0.4, -0.2) is 66.6 Å². The highest BCUT2D eigenvalue weighted by Gasteiger charge is 2.93. The second-order valence-electron chi connectivity index (χ2n) is 5.00. The summed E-state index contributed by atoms with van der Waals surface area (Å²) in [5, 5.41) is 7.39. The average molecular weight is 518 g/mol. The van der Waals surface area contributed by atoms with Gasteiger partial charge in [-0.2, -0.15) is 65.9 Å². The van der Waals surface area contributed by atoms with Gasteiger partial charge >= 0.3 is 54.4 Å². The van der Waals surface area contributed by atoms with Crippen LogP contribution >= 0.6 is 0 Å². The first-order valence-electron chi connectivity index (χ1n) is 6.27. The van der Waals surface area contributed by atoms with Crippen LogP contribution in [0.15, 0.2) is 0 Å². The third-order valence-corrected chi connectivity index (χ3v) is 2.95. The minimum absolute atomic E-state index is 0.703. The monoisotopic (exact) mass is 518 g/mol. The quantitative estimate of drug-likeness (QED) is 0.477. The van der Waals surface area contributed by atoms with E-state index in [4.69, 9.17) is 5.11 Å². The summed E-state index contributed by atoms with van der Waals surface area (Å²) in [6.45, 7) is 0. The maximum Gasteiger partial charge on any atom is 0.459 e. The largest absolute Gasteiger partial charge is 0.459 e. The summed E-state index contributed by atoms with van der Waals surface area (Å²) in [4.78, 5) is 0. The summed E-state index contributed by atoms with van der Waals surface area (Å²) >= 11 is 0. The van der Waals surface area contributed by atoms with Crippen molar-refractivity contribution in [1.82, 2.24) is 0 Å². The summed E-state index contributed by atoms with van der Waals surface area (Å²) in [5.74, 6) is -20.0. The zero-order chi connectivity index (χ0) is 26.3. The summed E-state index contributed by atoms with van der Waals surface area (Å²) < 4.78 is 229. The van der Waals surface area contributed by atoms with Crippen LogP contribution in [0.4, 0.5) is 83.4 Å². The molecule has 0 radical (unpaired) electrons. The first-order valence-corrected chi connectivity index (χ1v) is 6.27. The molecule has 0 aromatic carbocycles. The molecular formula is C10H5F19O2. The fraction of sp³-hybridized carbons (Fsp3) is 1.00. The van der Waals surface area contributed by atoms with Crippen molar-refractivity contribution in [3.63, 3.8) is 0 Å². The number of rotatable bonds is 4. The van der Waals surface area contributed by atoms with Crippen molar-refractivity contribution in [2.45, 2.75) is 54.4 Å². The Hall–Kier alpha value is -1.41. The molecule has 2 nitrogen and oxygen atoms in total. The third kappa shape index (κ3) is 5.33. The maximum atomic E-state index is 13.3. The van der Waals surface area contributed by atoms with Gasteiger partial charge < -0.3 is 9.84 Å². The van der Waals surface area contributed by atoms with Gasteiger partial charge in [0.15, 0.2) is 0 Å². The summed E-state index contributed by atoms with van der Waals surface area (Å²) in [6.07, 6.45) is -32.8. The first-order chi connectivity index (χ1) is 13.0. The SMILES string of the molecule is COC(F)(C(F)(F)C(F)(F)F)C(F)(C(F)(F)F)C(F)(F)F.OC(F)(C(F)F)C(F)(F)F. The van der Waals surface area contributed by atoms with E-state index in [1.807, 2.05) is 0 Å². The fourth-order valence-electron chi connectivity index (χ4n) is 1.32. The second kappa shape index (κ2) is 8.50. The molecule has 31 heavy (non-hydrogen) atoms. The number of hydrogen-bond donors (Lipinski definition) is 1. The van der Waals surface area contributed by atoms with Gasteiger partial charge in [-0.25, -0.2) is 17.6 Å². The van der Waals surface area contributed by atoms with Crippen molar-refractivity contribution in [2.24, 2.45) is 0 Å². The highest BCUT2D eigenvalue weighted by Crippen LogP contribution is 2.61. The van der Waals surface area contributed by atoms with Gasteiger partial charge in [0.25, 0.3) is 0 Å². The van der Waals surface area contributed by atoms with E-state index in [0.29, 0.717) is 0 Å². The van der Waals surface area contributed by atoms with E-state index in [1.54, 1.807) is 0 Å². The van der Waals surface area contributed by atoms with E-state index in [9.17, 15) is 83.4 Å². The highest BCUT2D eigenvalue weighted by molar-refractivity contribution is 5.13. The van der Waals surface area contributed by atoms with Crippen molar-refractivity contribution < 1.29 is 93.3 Å². The number of hydrogen-bond acceptors (Lipinski definition) is 2. The lowest BCUT2D eigenvalue weighted by Gasteiger charge is -2.43. The number of alkyl halides is 19. The van der Waals surface area contributed by atoms with Crippen LogP contribution in [0.1, 0.15) is 0 Å². The molecule has 0 aromatic heterocycles. The molecule has 2 unspecified atom stereocenters. The molecule has 0 aliphatic rings. The molecule has 0 amide bonds. The Bertz CT molecular complexity index is 566. The van der Waals surface area contributed by atoms with Crippen LogP contribution in [0, 0.1) is 0 Å². The van der Waals surface area contributed by atoms with Crippen LogP contribution in [-0.2, 0) is 4.74 Å². The van der Waals surface area contributed by atoms with E-state index >= 15 is 0 Å². The summed E-state index contributed by atoms with van der Waals surface area (Å²) in [5.41, 5.74) is -7.64. The van der Waals surface area contributed by atoms with Crippen LogP contribution in [0.5, 0.6) is 0 Å². The lowest BCUT2D eigenvalue weighted by Crippen LogP contribution is -2.75. The van der Waals surface area contributed by atoms with E-state index in [1.165, 1.54) is 0 Å². The van der Waals surface area contributed by atoms with E-state index in [2.05, 4.69) is 4.74 Å². The predicted octanol–water partition coefficient (Wildman–Crippen LogP) is 5.80. The van der Waals surface area contributed by atoms with Crippen LogP contribution in [0.25, 0.3) is 0 Å². The fourth-order valence-corrected chi connectivity index (χ4v) is 1.32. The standard InChI is InChI=1S/C7H3F13O.C3H2F6O/c1-21-4(11,3(9,10)7(18,19)20)2(8,5(12,13)14)6(15,16)17;4-1(5)2(6,10)3(7,8)9/h1H3;1,10H. The van der Waals surface area contributed by atoms with Crippen molar-refractivity contribution in [2.75, 3.05) is 7.11 Å². The Kier molecular flexibility index (Phi) is 8.72. The van der Waals surface area contributed by atoms with Gasteiger partial charge in [-0.15, -0.1) is 0 Å². The van der Waals surface area contributed by atoms with Crippen molar-refractivity contribution in [1.29, 1.82) is 0 Å². The molecule has 0 saturated carbocycles. The van der Waals surface area contributed by atoms with Gasteiger partial charge in [0, 0.05) is 7.11 Å². The Balaban J connectivity index is 0. The Morgan fingerprint density at radius 1 is 0.548 bits per heavy atom. The maximum absolute atomic E-state index is 13.3. The smallest absolute Gasteiger partial charge is 0.350 e. The zero-order valence-corrected chi connectivity index (χ0v) is 13.6. The normalized spacial score (nSPS) is 18.8. The van der Waals surface area contributed by atoms with Gasteiger partial charge in [0.05, 0.1) is 0 Å². The van der Waals surface area contributed by atoms with Gasteiger partial charge in [0.2, 0.25) is 0 Å². The highest BCUT2D eigenvalue weighted by atomic mass is 19.4. The van der Waals surface area contributed by atoms with Gasteiger partial charge in [-0.3, -0.25) is 0 Å². The van der Waals surface area contributed by atoms with Crippen molar-refractivity contribution >= 4 is 0 Å². The lowest BCUT2D eigenvalue weighted by atomic mass is 9.88. The topological polar surface area (TPSA) is 29.5 Å².